The zero-order chi connectivity index (χ0) is 20.3. The van der Waals surface area contributed by atoms with E-state index in [-0.39, 0.29) is 34.6 Å². The molecule has 0 spiro atoms. The van der Waals surface area contributed by atoms with Crippen molar-refractivity contribution in [3.63, 3.8) is 0 Å². The molecule has 0 unspecified atom stereocenters. The lowest BCUT2D eigenvalue weighted by Gasteiger charge is -2.48. The van der Waals surface area contributed by atoms with Crippen LogP contribution in [-0.4, -0.2) is 25.0 Å². The van der Waals surface area contributed by atoms with Gasteiger partial charge in [-0.05, 0) is 52.7 Å². The highest BCUT2D eigenvalue weighted by Gasteiger charge is 2.72. The minimum Gasteiger partial charge on any atom is -0.456 e. The Balaban J connectivity index is 1.61. The molecule has 3 aliphatic carbocycles. The van der Waals surface area contributed by atoms with Crippen LogP contribution < -0.4 is 0 Å². The number of allylic oxidation sites excluding steroid dienone is 1. The molecule has 150 valence electrons. The molecule has 3 aliphatic rings. The maximum Gasteiger partial charge on any atom is 0.340 e. The fraction of sp³-hybridized carbons (Fsp3) is 0.583. The quantitative estimate of drug-likeness (QED) is 0.719. The highest BCUT2D eigenvalue weighted by Crippen LogP contribution is 2.73. The van der Waals surface area contributed by atoms with Gasteiger partial charge in [0.25, 0.3) is 0 Å². The van der Waals surface area contributed by atoms with Crippen LogP contribution in [0, 0.1) is 28.6 Å². The van der Waals surface area contributed by atoms with E-state index in [9.17, 15) is 9.59 Å². The Morgan fingerprint density at radius 2 is 1.82 bits per heavy atom. The summed E-state index contributed by atoms with van der Waals surface area (Å²) in [4.78, 5) is 25.7. The molecule has 1 aromatic carbocycles. The number of ketones is 1. The van der Waals surface area contributed by atoms with Gasteiger partial charge in [-0.1, -0.05) is 58.0 Å². The van der Waals surface area contributed by atoms with Gasteiger partial charge in [-0.25, -0.2) is 4.79 Å². The lowest BCUT2D eigenvalue weighted by atomic mass is 9.58. The maximum atomic E-state index is 12.9. The summed E-state index contributed by atoms with van der Waals surface area (Å²) < 4.78 is 11.4. The smallest absolute Gasteiger partial charge is 0.340 e. The molecule has 0 heterocycles. The third-order valence-corrected chi connectivity index (χ3v) is 7.74. The Hall–Kier alpha value is -1.94. The average Bonchev–Trinajstić information content (AvgIpc) is 3.26. The first-order valence-electron chi connectivity index (χ1n) is 10.3. The molecule has 28 heavy (non-hydrogen) atoms. The number of ether oxygens (including phenoxy) is 2. The van der Waals surface area contributed by atoms with Gasteiger partial charge in [-0.2, -0.15) is 0 Å². The van der Waals surface area contributed by atoms with Crippen LogP contribution in [-0.2, 0) is 19.1 Å². The molecule has 1 aromatic rings. The van der Waals surface area contributed by atoms with E-state index in [1.807, 2.05) is 30.3 Å². The highest BCUT2D eigenvalue weighted by molar-refractivity contribution is 5.98. The largest absolute Gasteiger partial charge is 0.456 e. The van der Waals surface area contributed by atoms with Crippen LogP contribution in [0.5, 0.6) is 0 Å². The molecule has 4 rings (SSSR count). The molecule has 2 saturated carbocycles. The van der Waals surface area contributed by atoms with Crippen molar-refractivity contribution in [2.24, 2.45) is 28.6 Å². The first kappa shape index (κ1) is 19.4. The van der Waals surface area contributed by atoms with Crippen LogP contribution in [0.15, 0.2) is 42.0 Å². The second-order valence-corrected chi connectivity index (χ2v) is 9.49. The first-order chi connectivity index (χ1) is 13.2. The van der Waals surface area contributed by atoms with Crippen molar-refractivity contribution in [3.05, 3.63) is 47.5 Å². The summed E-state index contributed by atoms with van der Waals surface area (Å²) in [5, 5.41) is 0. The normalized spacial score (nSPS) is 36.6. The predicted molar refractivity (Wildman–Crippen MR) is 106 cm³/mol. The lowest BCUT2D eigenvalue weighted by Crippen LogP contribution is -2.45. The Kier molecular flexibility index (Phi) is 4.53. The second-order valence-electron chi connectivity index (χ2n) is 9.49. The molecule has 0 N–H and O–H groups in total. The van der Waals surface area contributed by atoms with Gasteiger partial charge >= 0.3 is 5.97 Å². The summed E-state index contributed by atoms with van der Waals surface area (Å²) in [6, 6.07) is 9.39. The van der Waals surface area contributed by atoms with Gasteiger partial charge in [0, 0.05) is 13.0 Å². The van der Waals surface area contributed by atoms with Gasteiger partial charge in [0.15, 0.2) is 11.9 Å². The number of methoxy groups -OCH3 is 1. The van der Waals surface area contributed by atoms with Crippen molar-refractivity contribution in [2.45, 2.75) is 52.7 Å². The SMILES string of the molecule is CO[C@H](C(=O)O[C@H]1CC[C@H](C)[C@]2(C)C1=CC(=O)[C@H]1[C@@H]2C1(C)C)c1ccccc1. The monoisotopic (exact) mass is 382 g/mol. The predicted octanol–water partition coefficient (Wildman–Crippen LogP) is 4.50. The molecule has 0 bridgehead atoms. The molecule has 0 amide bonds. The number of benzene rings is 1. The van der Waals surface area contributed by atoms with Crippen molar-refractivity contribution in [2.75, 3.05) is 7.11 Å². The molecule has 2 fully saturated rings. The number of hydrogen-bond donors (Lipinski definition) is 0. The lowest BCUT2D eigenvalue weighted by molar-refractivity contribution is -0.162. The standard InChI is InChI=1S/C24H30O4/c1-14-11-12-18(28-22(26)20(27-5)15-9-7-6-8-10-15)16-13-17(25)19-21(23(19,2)3)24(14,16)4/h6-10,13-14,18-21H,11-12H2,1-5H3/t14-,18-,19-,20-,21+,24+/m0/s1. The van der Waals surface area contributed by atoms with E-state index in [4.69, 9.17) is 9.47 Å². The summed E-state index contributed by atoms with van der Waals surface area (Å²) in [7, 11) is 1.52. The number of esters is 1. The Bertz CT molecular complexity index is 824. The maximum absolute atomic E-state index is 12.9. The minimum atomic E-state index is -0.753. The van der Waals surface area contributed by atoms with Gasteiger partial charge in [0.1, 0.15) is 6.10 Å². The Morgan fingerprint density at radius 1 is 1.14 bits per heavy atom. The molecule has 0 saturated heterocycles. The number of rotatable bonds is 4. The average molecular weight is 383 g/mol. The Morgan fingerprint density at radius 3 is 2.46 bits per heavy atom. The van der Waals surface area contributed by atoms with Gasteiger partial charge in [0.2, 0.25) is 0 Å². The van der Waals surface area contributed by atoms with Crippen molar-refractivity contribution in [1.82, 2.24) is 0 Å². The molecule has 6 atom stereocenters. The third-order valence-electron chi connectivity index (χ3n) is 7.74. The van der Waals surface area contributed by atoms with Gasteiger partial charge in [0.05, 0.1) is 0 Å². The van der Waals surface area contributed by atoms with E-state index < -0.39 is 6.10 Å². The molecule has 4 heteroatoms. The Labute approximate surface area is 167 Å². The molecular weight excluding hydrogens is 352 g/mol. The van der Waals surface area contributed by atoms with Crippen LogP contribution in [0.2, 0.25) is 0 Å². The van der Waals surface area contributed by atoms with Crippen molar-refractivity contribution in [3.8, 4) is 0 Å². The van der Waals surface area contributed by atoms with Crippen LogP contribution in [0.25, 0.3) is 0 Å². The van der Waals surface area contributed by atoms with Gasteiger partial charge in [-0.15, -0.1) is 0 Å². The van der Waals surface area contributed by atoms with E-state index >= 15 is 0 Å². The summed E-state index contributed by atoms with van der Waals surface area (Å²) in [5.41, 5.74) is 1.71. The van der Waals surface area contributed by atoms with Crippen molar-refractivity contribution >= 4 is 11.8 Å². The van der Waals surface area contributed by atoms with E-state index in [2.05, 4.69) is 27.7 Å². The van der Waals surface area contributed by atoms with Crippen molar-refractivity contribution in [1.29, 1.82) is 0 Å². The molecule has 4 nitrogen and oxygen atoms in total. The molecule has 0 radical (unpaired) electrons. The zero-order valence-corrected chi connectivity index (χ0v) is 17.4. The number of carbonyl (C=O) groups is 2. The topological polar surface area (TPSA) is 52.6 Å². The summed E-state index contributed by atoms with van der Waals surface area (Å²) in [6.07, 6.45) is 2.44. The fourth-order valence-electron chi connectivity index (χ4n) is 6.07. The molecule has 0 aromatic heterocycles. The van der Waals surface area contributed by atoms with Gasteiger partial charge in [-0.3, -0.25) is 4.79 Å². The number of carbonyl (C=O) groups excluding carboxylic acids is 2. The van der Waals surface area contributed by atoms with E-state index in [1.165, 1.54) is 7.11 Å². The van der Waals surface area contributed by atoms with Gasteiger partial charge < -0.3 is 9.47 Å². The number of fused-ring (bicyclic) bond motifs is 3. The summed E-state index contributed by atoms with van der Waals surface area (Å²) in [6.45, 7) is 8.93. The molecule has 0 aliphatic heterocycles. The van der Waals surface area contributed by atoms with Crippen molar-refractivity contribution < 1.29 is 19.1 Å². The minimum absolute atomic E-state index is 0.0172. The highest BCUT2D eigenvalue weighted by atomic mass is 16.6. The van der Waals surface area contributed by atoms with Crippen LogP contribution in [0.3, 0.4) is 0 Å². The van der Waals surface area contributed by atoms with Crippen LogP contribution in [0.4, 0.5) is 0 Å². The second kappa shape index (κ2) is 6.55. The summed E-state index contributed by atoms with van der Waals surface area (Å²) in [5.74, 6) is 0.707. The third kappa shape index (κ3) is 2.68. The molecular formula is C24H30O4. The first-order valence-corrected chi connectivity index (χ1v) is 10.3. The number of hydrogen-bond acceptors (Lipinski definition) is 4. The van der Waals surface area contributed by atoms with Crippen LogP contribution in [0.1, 0.15) is 52.2 Å². The van der Waals surface area contributed by atoms with Crippen LogP contribution >= 0.6 is 0 Å². The zero-order valence-electron chi connectivity index (χ0n) is 17.4. The van der Waals surface area contributed by atoms with E-state index in [1.54, 1.807) is 6.08 Å². The fourth-order valence-corrected chi connectivity index (χ4v) is 6.07. The van der Waals surface area contributed by atoms with E-state index in [0.29, 0.717) is 11.8 Å². The van der Waals surface area contributed by atoms with E-state index in [0.717, 1.165) is 24.0 Å². The summed E-state index contributed by atoms with van der Waals surface area (Å²) >= 11 is 0.